The van der Waals surface area contributed by atoms with Gasteiger partial charge in [0.15, 0.2) is 0 Å². The average Bonchev–Trinajstić information content (AvgIpc) is 2.83. The van der Waals surface area contributed by atoms with E-state index < -0.39 is 0 Å². The fraction of sp³-hybridized carbons (Fsp3) is 0.667. The van der Waals surface area contributed by atoms with Crippen molar-refractivity contribution in [3.63, 3.8) is 0 Å². The third kappa shape index (κ3) is 3.25. The Morgan fingerprint density at radius 3 is 3.19 bits per heavy atom. The van der Waals surface area contributed by atoms with Crippen LogP contribution in [0.2, 0.25) is 0 Å². The maximum Gasteiger partial charge on any atom is 0.0753 e. The average molecular weight is 221 g/mol. The Hall–Kier alpha value is -1.00. The van der Waals surface area contributed by atoms with E-state index in [1.54, 1.807) is 12.4 Å². The Kier molecular flexibility index (Phi) is 4.25. The van der Waals surface area contributed by atoms with Gasteiger partial charge in [-0.1, -0.05) is 0 Å². The van der Waals surface area contributed by atoms with Crippen LogP contribution in [-0.4, -0.2) is 29.2 Å². The van der Waals surface area contributed by atoms with Crippen molar-refractivity contribution in [3.05, 3.63) is 24.3 Å². The van der Waals surface area contributed by atoms with Crippen molar-refractivity contribution < 1.29 is 4.74 Å². The Morgan fingerprint density at radius 2 is 2.50 bits per heavy atom. The second-order valence-electron chi connectivity index (χ2n) is 4.23. The number of ether oxygens (including phenoxy) is 1. The van der Waals surface area contributed by atoms with Gasteiger partial charge in [0.1, 0.15) is 0 Å². The molecule has 4 heteroatoms. The highest BCUT2D eigenvalue weighted by Gasteiger charge is 2.15. The van der Waals surface area contributed by atoms with Crippen LogP contribution in [0.4, 0.5) is 0 Å². The van der Waals surface area contributed by atoms with E-state index in [4.69, 9.17) is 4.74 Å². The van der Waals surface area contributed by atoms with Gasteiger partial charge < -0.3 is 10.1 Å². The first-order valence-electron chi connectivity index (χ1n) is 5.97. The normalized spacial score (nSPS) is 22.2. The number of rotatable bonds is 5. The van der Waals surface area contributed by atoms with Crippen LogP contribution in [0.1, 0.15) is 37.9 Å². The molecule has 2 heterocycles. The Bertz CT molecular complexity index is 298. The van der Waals surface area contributed by atoms with E-state index in [9.17, 15) is 0 Å². The molecule has 88 valence electrons. The highest BCUT2D eigenvalue weighted by Crippen LogP contribution is 2.15. The molecular formula is C12H19N3O. The second-order valence-corrected chi connectivity index (χ2v) is 4.23. The lowest BCUT2D eigenvalue weighted by Crippen LogP contribution is -2.24. The molecule has 1 aromatic rings. The van der Waals surface area contributed by atoms with E-state index in [1.165, 1.54) is 12.8 Å². The highest BCUT2D eigenvalue weighted by atomic mass is 16.5. The first-order valence-corrected chi connectivity index (χ1v) is 5.97. The number of hydrogen-bond donors (Lipinski definition) is 1. The van der Waals surface area contributed by atoms with Crippen LogP contribution in [0.5, 0.6) is 0 Å². The summed E-state index contributed by atoms with van der Waals surface area (Å²) >= 11 is 0. The maximum absolute atomic E-state index is 5.57. The molecule has 1 fully saturated rings. The van der Waals surface area contributed by atoms with Gasteiger partial charge in [-0.05, 0) is 32.7 Å². The lowest BCUT2D eigenvalue weighted by molar-refractivity contribution is 0.103. The van der Waals surface area contributed by atoms with Crippen molar-refractivity contribution in [2.75, 3.05) is 13.2 Å². The van der Waals surface area contributed by atoms with Crippen LogP contribution in [0.15, 0.2) is 18.6 Å². The van der Waals surface area contributed by atoms with Gasteiger partial charge >= 0.3 is 0 Å². The smallest absolute Gasteiger partial charge is 0.0753 e. The number of aromatic nitrogens is 2. The van der Waals surface area contributed by atoms with Crippen LogP contribution in [0.3, 0.4) is 0 Å². The van der Waals surface area contributed by atoms with Gasteiger partial charge in [0.25, 0.3) is 0 Å². The molecule has 16 heavy (non-hydrogen) atoms. The zero-order valence-corrected chi connectivity index (χ0v) is 9.72. The number of nitrogens with one attached hydrogen (secondary N) is 1. The lowest BCUT2D eigenvalue weighted by Gasteiger charge is -2.14. The van der Waals surface area contributed by atoms with E-state index in [1.807, 2.05) is 6.20 Å². The summed E-state index contributed by atoms with van der Waals surface area (Å²) in [6.45, 7) is 4.02. The number of hydrogen-bond acceptors (Lipinski definition) is 4. The summed E-state index contributed by atoms with van der Waals surface area (Å²) in [7, 11) is 0. The maximum atomic E-state index is 5.57. The zero-order valence-electron chi connectivity index (χ0n) is 9.72. The van der Waals surface area contributed by atoms with Gasteiger partial charge in [0.05, 0.1) is 11.8 Å². The molecule has 1 aliphatic heterocycles. The molecule has 2 unspecified atom stereocenters. The van der Waals surface area contributed by atoms with Crippen LogP contribution < -0.4 is 5.32 Å². The molecular weight excluding hydrogens is 202 g/mol. The third-order valence-corrected chi connectivity index (χ3v) is 2.97. The molecule has 2 rings (SSSR count). The van der Waals surface area contributed by atoms with E-state index >= 15 is 0 Å². The molecule has 0 aliphatic carbocycles. The standard InChI is InChI=1S/C12H19N3O/c1-10(12-9-13-6-7-15-12)14-5-4-11-3-2-8-16-11/h6-7,9-11,14H,2-5,8H2,1H3. The van der Waals surface area contributed by atoms with E-state index in [0.29, 0.717) is 6.10 Å². The van der Waals surface area contributed by atoms with Gasteiger partial charge in [-0.25, -0.2) is 0 Å². The minimum Gasteiger partial charge on any atom is -0.378 e. The molecule has 0 radical (unpaired) electrons. The zero-order chi connectivity index (χ0) is 11.2. The lowest BCUT2D eigenvalue weighted by atomic mass is 10.1. The van der Waals surface area contributed by atoms with Crippen LogP contribution in [0.25, 0.3) is 0 Å². The Labute approximate surface area is 96.4 Å². The minimum atomic E-state index is 0.259. The fourth-order valence-corrected chi connectivity index (χ4v) is 1.97. The molecule has 2 atom stereocenters. The molecule has 0 spiro atoms. The third-order valence-electron chi connectivity index (χ3n) is 2.97. The summed E-state index contributed by atoms with van der Waals surface area (Å²) in [6.07, 6.45) is 9.21. The van der Waals surface area contributed by atoms with Crippen molar-refractivity contribution >= 4 is 0 Å². The first kappa shape index (κ1) is 11.5. The van der Waals surface area contributed by atoms with E-state index in [-0.39, 0.29) is 6.04 Å². The molecule has 0 amide bonds. The summed E-state index contributed by atoms with van der Waals surface area (Å²) < 4.78 is 5.57. The molecule has 0 bridgehead atoms. The number of nitrogens with zero attached hydrogens (tertiary/aromatic N) is 2. The van der Waals surface area contributed by atoms with Gasteiger partial charge in [-0.2, -0.15) is 0 Å². The molecule has 1 N–H and O–H groups in total. The molecule has 0 aromatic carbocycles. The summed E-state index contributed by atoms with van der Waals surface area (Å²) in [4.78, 5) is 8.34. The van der Waals surface area contributed by atoms with Gasteiger partial charge in [-0.3, -0.25) is 9.97 Å². The molecule has 1 saturated heterocycles. The SMILES string of the molecule is CC(NCCC1CCCO1)c1cnccn1. The second kappa shape index (κ2) is 5.92. The molecule has 4 nitrogen and oxygen atoms in total. The van der Waals surface area contributed by atoms with Gasteiger partial charge in [0.2, 0.25) is 0 Å². The summed E-state index contributed by atoms with van der Waals surface area (Å²) in [5.74, 6) is 0. The summed E-state index contributed by atoms with van der Waals surface area (Å²) in [6, 6.07) is 0.259. The van der Waals surface area contributed by atoms with Crippen LogP contribution >= 0.6 is 0 Å². The van der Waals surface area contributed by atoms with Gasteiger partial charge in [0, 0.05) is 31.2 Å². The van der Waals surface area contributed by atoms with Crippen molar-refractivity contribution in [3.8, 4) is 0 Å². The van der Waals surface area contributed by atoms with E-state index in [0.717, 1.165) is 25.3 Å². The van der Waals surface area contributed by atoms with Crippen molar-refractivity contribution in [1.29, 1.82) is 0 Å². The molecule has 1 aliphatic rings. The largest absolute Gasteiger partial charge is 0.378 e. The Morgan fingerprint density at radius 1 is 1.56 bits per heavy atom. The molecule has 1 aromatic heterocycles. The van der Waals surface area contributed by atoms with Crippen molar-refractivity contribution in [1.82, 2.24) is 15.3 Å². The highest BCUT2D eigenvalue weighted by molar-refractivity contribution is 5.00. The van der Waals surface area contributed by atoms with Crippen LogP contribution in [0, 0.1) is 0 Å². The predicted molar refractivity (Wildman–Crippen MR) is 62.0 cm³/mol. The van der Waals surface area contributed by atoms with E-state index in [2.05, 4.69) is 22.2 Å². The molecule has 0 saturated carbocycles. The van der Waals surface area contributed by atoms with Crippen molar-refractivity contribution in [2.24, 2.45) is 0 Å². The van der Waals surface area contributed by atoms with Gasteiger partial charge in [-0.15, -0.1) is 0 Å². The summed E-state index contributed by atoms with van der Waals surface area (Å²) in [5.41, 5.74) is 0.995. The predicted octanol–water partition coefficient (Wildman–Crippen LogP) is 1.70. The quantitative estimate of drug-likeness (QED) is 0.822. The van der Waals surface area contributed by atoms with Crippen LogP contribution in [-0.2, 0) is 4.74 Å². The van der Waals surface area contributed by atoms with Crippen molar-refractivity contribution in [2.45, 2.75) is 38.3 Å². The fourth-order valence-electron chi connectivity index (χ4n) is 1.97. The minimum absolute atomic E-state index is 0.259. The Balaban J connectivity index is 1.69. The monoisotopic (exact) mass is 221 g/mol. The first-order chi connectivity index (χ1) is 7.86. The summed E-state index contributed by atoms with van der Waals surface area (Å²) in [5, 5.41) is 3.44. The topological polar surface area (TPSA) is 47.0 Å².